The number of likely N-dealkylation sites (tertiary alicyclic amines) is 1. The predicted octanol–water partition coefficient (Wildman–Crippen LogP) is 2.75. The molecule has 0 aromatic heterocycles. The standard InChI is InChI=1S/C16H31NO6SSi/c1-8-9-21-15(18)17-11-14(23-25(6,7)16(2,3)4)10-13(17)12-22-24(5,19)20/h8,13-14H,1,9-12H2,2-7H3. The third-order valence-electron chi connectivity index (χ3n) is 4.68. The number of amides is 1. The highest BCUT2D eigenvalue weighted by molar-refractivity contribution is 7.85. The Bertz CT molecular complexity index is 584. The van der Waals surface area contributed by atoms with Gasteiger partial charge in [-0.25, -0.2) is 4.79 Å². The van der Waals surface area contributed by atoms with Crippen molar-refractivity contribution in [1.29, 1.82) is 0 Å². The summed E-state index contributed by atoms with van der Waals surface area (Å²) in [6.45, 7) is 14.6. The van der Waals surface area contributed by atoms with Crippen LogP contribution in [0.1, 0.15) is 27.2 Å². The van der Waals surface area contributed by atoms with Crippen LogP contribution in [0.2, 0.25) is 18.1 Å². The SMILES string of the molecule is C=CCOC(=O)N1CC(O[Si](C)(C)C(C)(C)C)CC1COS(C)(=O)=O. The van der Waals surface area contributed by atoms with E-state index < -0.39 is 30.6 Å². The van der Waals surface area contributed by atoms with Gasteiger partial charge in [0.05, 0.1) is 25.0 Å². The maximum atomic E-state index is 12.3. The van der Waals surface area contributed by atoms with Crippen molar-refractivity contribution >= 4 is 24.5 Å². The molecule has 0 radical (unpaired) electrons. The second-order valence-electron chi connectivity index (χ2n) is 7.90. The van der Waals surface area contributed by atoms with Crippen molar-refractivity contribution in [1.82, 2.24) is 4.90 Å². The number of nitrogens with zero attached hydrogens (tertiary/aromatic N) is 1. The zero-order valence-corrected chi connectivity index (χ0v) is 17.9. The molecule has 0 saturated carbocycles. The van der Waals surface area contributed by atoms with E-state index in [1.54, 1.807) is 0 Å². The summed E-state index contributed by atoms with van der Waals surface area (Å²) < 4.78 is 38.9. The fourth-order valence-electron chi connectivity index (χ4n) is 2.35. The summed E-state index contributed by atoms with van der Waals surface area (Å²) in [6.07, 6.45) is 2.32. The third-order valence-corrected chi connectivity index (χ3v) is 9.78. The Morgan fingerprint density at radius 3 is 2.44 bits per heavy atom. The number of carbonyl (C=O) groups excluding carboxylic acids is 1. The first kappa shape index (κ1) is 22.1. The fourth-order valence-corrected chi connectivity index (χ4v) is 4.11. The molecule has 1 heterocycles. The highest BCUT2D eigenvalue weighted by atomic mass is 32.2. The van der Waals surface area contributed by atoms with Crippen LogP contribution in [0.15, 0.2) is 12.7 Å². The zero-order valence-electron chi connectivity index (χ0n) is 16.1. The summed E-state index contributed by atoms with van der Waals surface area (Å²) in [4.78, 5) is 13.7. The van der Waals surface area contributed by atoms with Crippen LogP contribution in [0.3, 0.4) is 0 Å². The molecule has 0 aliphatic carbocycles. The molecular formula is C16H31NO6SSi. The van der Waals surface area contributed by atoms with Crippen molar-refractivity contribution < 1.29 is 26.6 Å². The lowest BCUT2D eigenvalue weighted by atomic mass is 10.2. The lowest BCUT2D eigenvalue weighted by molar-refractivity contribution is 0.0941. The Kier molecular flexibility index (Phi) is 7.26. The predicted molar refractivity (Wildman–Crippen MR) is 99.5 cm³/mol. The summed E-state index contributed by atoms with van der Waals surface area (Å²) >= 11 is 0. The van der Waals surface area contributed by atoms with Crippen LogP contribution in [0.5, 0.6) is 0 Å². The van der Waals surface area contributed by atoms with Crippen LogP contribution in [-0.2, 0) is 23.5 Å². The molecule has 1 saturated heterocycles. The second kappa shape index (κ2) is 8.19. The van der Waals surface area contributed by atoms with Crippen molar-refractivity contribution in [3.05, 3.63) is 12.7 Å². The lowest BCUT2D eigenvalue weighted by Crippen LogP contribution is -2.45. The van der Waals surface area contributed by atoms with E-state index in [1.807, 2.05) is 0 Å². The Morgan fingerprint density at radius 1 is 1.36 bits per heavy atom. The van der Waals surface area contributed by atoms with Crippen LogP contribution in [0.25, 0.3) is 0 Å². The van der Waals surface area contributed by atoms with Gasteiger partial charge >= 0.3 is 6.09 Å². The number of hydrogen-bond donors (Lipinski definition) is 0. The highest BCUT2D eigenvalue weighted by Gasteiger charge is 2.44. The Hall–Kier alpha value is -0.903. The van der Waals surface area contributed by atoms with Crippen LogP contribution >= 0.6 is 0 Å². The Morgan fingerprint density at radius 2 is 1.96 bits per heavy atom. The lowest BCUT2D eigenvalue weighted by Gasteiger charge is -2.38. The molecule has 7 nitrogen and oxygen atoms in total. The maximum Gasteiger partial charge on any atom is 0.410 e. The van der Waals surface area contributed by atoms with Crippen LogP contribution < -0.4 is 0 Å². The topological polar surface area (TPSA) is 82.1 Å². The molecule has 0 aromatic carbocycles. The summed E-state index contributed by atoms with van der Waals surface area (Å²) in [5, 5.41) is 0.0442. The third kappa shape index (κ3) is 6.73. The number of carbonyl (C=O) groups is 1. The first-order chi connectivity index (χ1) is 11.3. The first-order valence-electron chi connectivity index (χ1n) is 8.33. The average Bonchev–Trinajstić information content (AvgIpc) is 2.83. The molecule has 0 aromatic rings. The molecular weight excluding hydrogens is 362 g/mol. The smallest absolute Gasteiger partial charge is 0.410 e. The van der Waals surface area contributed by atoms with Gasteiger partial charge in [-0.1, -0.05) is 33.4 Å². The fraction of sp³-hybridized carbons (Fsp3) is 0.812. The summed E-state index contributed by atoms with van der Waals surface area (Å²) in [6, 6.07) is -0.401. The molecule has 2 unspecified atom stereocenters. The van der Waals surface area contributed by atoms with Crippen molar-refractivity contribution in [2.24, 2.45) is 0 Å². The molecule has 1 aliphatic rings. The van der Waals surface area contributed by atoms with Crippen molar-refractivity contribution in [2.75, 3.05) is 26.0 Å². The molecule has 0 bridgehead atoms. The van der Waals surface area contributed by atoms with E-state index in [1.165, 1.54) is 11.0 Å². The largest absolute Gasteiger partial charge is 0.445 e. The van der Waals surface area contributed by atoms with E-state index in [-0.39, 0.29) is 24.4 Å². The molecule has 1 rings (SSSR count). The summed E-state index contributed by atoms with van der Waals surface area (Å²) in [5.41, 5.74) is 0. The molecule has 1 fully saturated rings. The second-order valence-corrected chi connectivity index (χ2v) is 14.3. The van der Waals surface area contributed by atoms with Gasteiger partial charge in [-0.15, -0.1) is 0 Å². The Balaban J connectivity index is 2.85. The molecule has 146 valence electrons. The minimum atomic E-state index is -3.58. The van der Waals surface area contributed by atoms with Gasteiger partial charge in [0, 0.05) is 6.54 Å². The van der Waals surface area contributed by atoms with Gasteiger partial charge in [-0.3, -0.25) is 4.18 Å². The van der Waals surface area contributed by atoms with E-state index in [0.29, 0.717) is 13.0 Å². The normalized spacial score (nSPS) is 22.1. The maximum absolute atomic E-state index is 12.3. The van der Waals surface area contributed by atoms with Gasteiger partial charge in [0.15, 0.2) is 8.32 Å². The van der Waals surface area contributed by atoms with Gasteiger partial charge in [-0.05, 0) is 24.6 Å². The summed E-state index contributed by atoms with van der Waals surface area (Å²) in [5.74, 6) is 0. The number of hydrogen-bond acceptors (Lipinski definition) is 6. The van der Waals surface area contributed by atoms with Crippen molar-refractivity contribution in [3.8, 4) is 0 Å². The van der Waals surface area contributed by atoms with Crippen LogP contribution in [0, 0.1) is 0 Å². The number of ether oxygens (including phenoxy) is 1. The van der Waals surface area contributed by atoms with Gasteiger partial charge in [0.2, 0.25) is 0 Å². The highest BCUT2D eigenvalue weighted by Crippen LogP contribution is 2.39. The minimum absolute atomic E-state index is 0.0442. The van der Waals surface area contributed by atoms with E-state index in [0.717, 1.165) is 6.26 Å². The molecule has 2 atom stereocenters. The van der Waals surface area contributed by atoms with Crippen LogP contribution in [0.4, 0.5) is 4.79 Å². The van der Waals surface area contributed by atoms with Gasteiger partial charge in [0.25, 0.3) is 10.1 Å². The zero-order chi connectivity index (χ0) is 19.5. The van der Waals surface area contributed by atoms with Crippen LogP contribution in [-0.4, -0.2) is 65.9 Å². The van der Waals surface area contributed by atoms with Crippen molar-refractivity contribution in [2.45, 2.75) is 57.5 Å². The van der Waals surface area contributed by atoms with Crippen molar-refractivity contribution in [3.63, 3.8) is 0 Å². The molecule has 9 heteroatoms. The molecule has 1 aliphatic heterocycles. The van der Waals surface area contributed by atoms with E-state index in [9.17, 15) is 13.2 Å². The molecule has 1 amide bonds. The van der Waals surface area contributed by atoms with Gasteiger partial charge in [0.1, 0.15) is 6.61 Å². The molecule has 0 spiro atoms. The van der Waals surface area contributed by atoms with Gasteiger partial charge in [-0.2, -0.15) is 8.42 Å². The van der Waals surface area contributed by atoms with E-state index in [2.05, 4.69) is 40.4 Å². The molecule has 25 heavy (non-hydrogen) atoms. The first-order valence-corrected chi connectivity index (χ1v) is 13.1. The molecule has 0 N–H and O–H groups in total. The van der Waals surface area contributed by atoms with Gasteiger partial charge < -0.3 is 14.1 Å². The van der Waals surface area contributed by atoms with E-state index >= 15 is 0 Å². The monoisotopic (exact) mass is 393 g/mol. The quantitative estimate of drug-likeness (QED) is 0.376. The van der Waals surface area contributed by atoms with E-state index in [4.69, 9.17) is 13.3 Å². The average molecular weight is 394 g/mol. The summed E-state index contributed by atoms with van der Waals surface area (Å²) in [7, 11) is -5.58. The minimum Gasteiger partial charge on any atom is -0.445 e. The Labute approximate surface area is 152 Å². The number of rotatable bonds is 7.